The Labute approximate surface area is 171 Å². The molecule has 4 nitrogen and oxygen atoms in total. The smallest absolute Gasteiger partial charge is 0.169 e. The topological polar surface area (TPSA) is 34.7 Å². The molecule has 0 saturated carbocycles. The Morgan fingerprint density at radius 3 is 2.46 bits per heavy atom. The number of ether oxygens (including phenoxy) is 1. The zero-order valence-corrected chi connectivity index (χ0v) is 16.7. The Bertz CT molecular complexity index is 893. The first kappa shape index (κ1) is 19.9. The van der Waals surface area contributed by atoms with Crippen LogP contribution in [0, 0.1) is 0 Å². The highest BCUT2D eigenvalue weighted by Gasteiger charge is 2.02. The first-order valence-electron chi connectivity index (χ1n) is 9.25. The van der Waals surface area contributed by atoms with Crippen LogP contribution in [0.25, 0.3) is 0 Å². The molecule has 0 amide bonds. The van der Waals surface area contributed by atoms with E-state index in [9.17, 15) is 0 Å². The molecule has 0 aliphatic heterocycles. The van der Waals surface area contributed by atoms with Crippen LogP contribution in [-0.2, 0) is 24.4 Å². The Balaban J connectivity index is 1.42. The average Bonchev–Trinajstić information content (AvgIpc) is 2.74. The van der Waals surface area contributed by atoms with E-state index >= 15 is 0 Å². The lowest BCUT2D eigenvalue weighted by Gasteiger charge is -2.03. The van der Waals surface area contributed by atoms with Crippen molar-refractivity contribution in [2.75, 3.05) is 7.11 Å². The molecule has 5 heteroatoms. The maximum Gasteiger partial charge on any atom is 0.169 e. The molecule has 0 aliphatic rings. The highest BCUT2D eigenvalue weighted by molar-refractivity contribution is 6.31. The fraction of sp³-hybridized carbons (Fsp3) is 0.217. The van der Waals surface area contributed by atoms with Gasteiger partial charge in [-0.3, -0.25) is 0 Å². The van der Waals surface area contributed by atoms with Gasteiger partial charge in [-0.05, 0) is 30.2 Å². The molecular formula is C23H24ClN2O2+. The van der Waals surface area contributed by atoms with Gasteiger partial charge in [-0.2, -0.15) is 0 Å². The predicted molar refractivity (Wildman–Crippen MR) is 112 cm³/mol. The van der Waals surface area contributed by atoms with E-state index in [4.69, 9.17) is 21.2 Å². The van der Waals surface area contributed by atoms with Crippen LogP contribution in [0.15, 0.2) is 78.2 Å². The number of methoxy groups -OCH3 is 1. The van der Waals surface area contributed by atoms with Crippen molar-refractivity contribution in [2.24, 2.45) is 5.16 Å². The van der Waals surface area contributed by atoms with E-state index in [2.05, 4.69) is 34.2 Å². The van der Waals surface area contributed by atoms with Crippen LogP contribution in [0.1, 0.15) is 23.1 Å². The monoisotopic (exact) mass is 395 g/mol. The van der Waals surface area contributed by atoms with Crippen molar-refractivity contribution in [1.29, 1.82) is 0 Å². The largest absolute Gasteiger partial charge is 0.497 e. The molecule has 0 fully saturated rings. The summed E-state index contributed by atoms with van der Waals surface area (Å²) < 4.78 is 7.36. The molecule has 28 heavy (non-hydrogen) atoms. The third-order valence-corrected chi connectivity index (χ3v) is 4.78. The molecular weight excluding hydrogens is 372 g/mol. The van der Waals surface area contributed by atoms with Gasteiger partial charge >= 0.3 is 0 Å². The number of benzene rings is 2. The number of oxime groups is 1. The van der Waals surface area contributed by atoms with Gasteiger partial charge in [0.2, 0.25) is 0 Å². The molecule has 0 atom stereocenters. The maximum absolute atomic E-state index is 6.09. The van der Waals surface area contributed by atoms with Gasteiger partial charge in [-0.25, -0.2) is 4.57 Å². The number of rotatable bonds is 9. The first-order chi connectivity index (χ1) is 13.7. The second kappa shape index (κ2) is 10.5. The van der Waals surface area contributed by atoms with E-state index in [1.807, 2.05) is 48.5 Å². The molecule has 0 radical (unpaired) electrons. The molecule has 0 aliphatic carbocycles. The minimum absolute atomic E-state index is 0.356. The van der Waals surface area contributed by atoms with Crippen molar-refractivity contribution in [3.63, 3.8) is 0 Å². The molecule has 0 saturated heterocycles. The Kier molecular flexibility index (Phi) is 7.44. The molecule has 1 heterocycles. The van der Waals surface area contributed by atoms with Gasteiger partial charge in [0.25, 0.3) is 0 Å². The van der Waals surface area contributed by atoms with Crippen molar-refractivity contribution in [3.05, 3.63) is 94.8 Å². The fourth-order valence-corrected chi connectivity index (χ4v) is 2.97. The van der Waals surface area contributed by atoms with Crippen molar-refractivity contribution >= 4 is 17.8 Å². The summed E-state index contributed by atoms with van der Waals surface area (Å²) >= 11 is 6.09. The second-order valence-electron chi connectivity index (χ2n) is 6.42. The van der Waals surface area contributed by atoms with E-state index in [-0.39, 0.29) is 0 Å². The standard InChI is InChI=1S/C23H24ClN2O2/c1-27-22-10-8-19(9-11-22)5-4-14-26-15-12-20(13-16-26)17-25-28-18-21-6-2-3-7-23(21)24/h2-3,6-13,15-17H,4-5,14,18H2,1H3/q+1/b25-17+. The van der Waals surface area contributed by atoms with E-state index in [1.165, 1.54) is 5.56 Å². The van der Waals surface area contributed by atoms with Crippen molar-refractivity contribution in [2.45, 2.75) is 26.0 Å². The number of nitrogens with zero attached hydrogens (tertiary/aromatic N) is 2. The molecule has 0 spiro atoms. The lowest BCUT2D eigenvalue weighted by Crippen LogP contribution is -2.32. The Morgan fingerprint density at radius 2 is 1.75 bits per heavy atom. The number of hydrogen-bond donors (Lipinski definition) is 0. The number of halogens is 1. The number of aryl methyl sites for hydroxylation is 2. The van der Waals surface area contributed by atoms with Crippen molar-refractivity contribution in [1.82, 2.24) is 0 Å². The van der Waals surface area contributed by atoms with Crippen LogP contribution in [-0.4, -0.2) is 13.3 Å². The van der Waals surface area contributed by atoms with Crippen LogP contribution in [0.5, 0.6) is 5.75 Å². The molecule has 3 aromatic rings. The quantitative estimate of drug-likeness (QED) is 0.296. The normalized spacial score (nSPS) is 10.9. The van der Waals surface area contributed by atoms with Crippen LogP contribution in [0.2, 0.25) is 5.02 Å². The molecule has 3 rings (SSSR count). The zero-order chi connectivity index (χ0) is 19.6. The van der Waals surface area contributed by atoms with E-state index in [0.29, 0.717) is 11.6 Å². The van der Waals surface area contributed by atoms with Crippen molar-refractivity contribution in [3.8, 4) is 5.75 Å². The summed E-state index contributed by atoms with van der Waals surface area (Å²) in [6.07, 6.45) is 7.94. The Morgan fingerprint density at radius 1 is 1.00 bits per heavy atom. The predicted octanol–water partition coefficient (Wildman–Crippen LogP) is 4.82. The second-order valence-corrected chi connectivity index (χ2v) is 6.83. The van der Waals surface area contributed by atoms with Crippen LogP contribution in [0.3, 0.4) is 0 Å². The van der Waals surface area contributed by atoms with Crippen LogP contribution >= 0.6 is 11.6 Å². The molecule has 144 valence electrons. The third-order valence-electron chi connectivity index (χ3n) is 4.41. The van der Waals surface area contributed by atoms with Crippen molar-refractivity contribution < 1.29 is 14.1 Å². The van der Waals surface area contributed by atoms with Crippen LogP contribution < -0.4 is 9.30 Å². The lowest BCUT2D eigenvalue weighted by molar-refractivity contribution is -0.697. The van der Waals surface area contributed by atoms with Crippen LogP contribution in [0.4, 0.5) is 0 Å². The minimum Gasteiger partial charge on any atom is -0.497 e. The summed E-state index contributed by atoms with van der Waals surface area (Å²) in [4.78, 5) is 5.33. The maximum atomic E-state index is 6.09. The molecule has 1 aromatic heterocycles. The van der Waals surface area contributed by atoms with Gasteiger partial charge in [0.05, 0.1) is 13.3 Å². The minimum atomic E-state index is 0.356. The van der Waals surface area contributed by atoms with Gasteiger partial charge in [0.15, 0.2) is 12.4 Å². The molecule has 2 aromatic carbocycles. The van der Waals surface area contributed by atoms with E-state index < -0.39 is 0 Å². The number of aromatic nitrogens is 1. The van der Waals surface area contributed by atoms with Gasteiger partial charge in [-0.15, -0.1) is 0 Å². The highest BCUT2D eigenvalue weighted by Crippen LogP contribution is 2.15. The fourth-order valence-electron chi connectivity index (χ4n) is 2.78. The number of hydrogen-bond acceptors (Lipinski definition) is 3. The van der Waals surface area contributed by atoms with Gasteiger partial charge < -0.3 is 9.57 Å². The summed E-state index contributed by atoms with van der Waals surface area (Å²) in [5, 5.41) is 4.71. The summed E-state index contributed by atoms with van der Waals surface area (Å²) in [6.45, 7) is 1.32. The highest BCUT2D eigenvalue weighted by atomic mass is 35.5. The molecule has 0 bridgehead atoms. The average molecular weight is 396 g/mol. The number of pyridine rings is 1. The SMILES string of the molecule is COc1ccc(CCC[n+]2ccc(/C=N/OCc3ccccc3Cl)cc2)cc1. The van der Waals surface area contributed by atoms with E-state index in [1.54, 1.807) is 13.3 Å². The third kappa shape index (κ3) is 6.10. The zero-order valence-electron chi connectivity index (χ0n) is 15.9. The Hall–Kier alpha value is -2.85. The molecule has 0 unspecified atom stereocenters. The summed E-state index contributed by atoms with van der Waals surface area (Å²) in [7, 11) is 1.69. The summed E-state index contributed by atoms with van der Waals surface area (Å²) in [6, 6.07) is 19.9. The lowest BCUT2D eigenvalue weighted by atomic mass is 10.1. The summed E-state index contributed by atoms with van der Waals surface area (Å²) in [5.74, 6) is 0.895. The van der Waals surface area contributed by atoms with Gasteiger partial charge in [0.1, 0.15) is 18.9 Å². The summed E-state index contributed by atoms with van der Waals surface area (Å²) in [5.41, 5.74) is 3.23. The van der Waals surface area contributed by atoms with E-state index in [0.717, 1.165) is 36.3 Å². The first-order valence-corrected chi connectivity index (χ1v) is 9.63. The molecule has 0 N–H and O–H groups in total. The van der Waals surface area contributed by atoms with Gasteiger partial charge in [0, 0.05) is 34.7 Å². The van der Waals surface area contributed by atoms with Gasteiger partial charge in [-0.1, -0.05) is 47.1 Å².